The fourth-order valence-corrected chi connectivity index (χ4v) is 6.09. The molecule has 0 spiro atoms. The minimum Gasteiger partial charge on any atom is -0.351 e. The number of likely N-dealkylation sites (N-methyl/N-ethyl adjacent to an activating group) is 1. The summed E-state index contributed by atoms with van der Waals surface area (Å²) in [4.78, 5) is 40.6. The normalized spacial score (nSPS) is 19.0. The maximum atomic E-state index is 13.3. The Hall–Kier alpha value is -4.49. The predicted molar refractivity (Wildman–Crippen MR) is 155 cm³/mol. The van der Waals surface area contributed by atoms with Crippen LogP contribution in [0.4, 0.5) is 5.95 Å². The van der Waals surface area contributed by atoms with E-state index in [0.29, 0.717) is 38.7 Å². The van der Waals surface area contributed by atoms with Gasteiger partial charge in [0.15, 0.2) is 0 Å². The van der Waals surface area contributed by atoms with Gasteiger partial charge in [0, 0.05) is 75.4 Å². The smallest absolute Gasteiger partial charge is 0.244 e. The fraction of sp³-hybridized carbons (Fsp3) is 0.414. The summed E-state index contributed by atoms with van der Waals surface area (Å²) < 4.78 is 1.70. The first-order valence-electron chi connectivity index (χ1n) is 14.4. The standard InChI is InChI=1S/C29H35N11O2/c1-37-8-9-38(17-27(37)41)15-25-23(14-40(35-25)18-28(42)39-7-6-24-26(16-39)34-36-33-24)21-12-30-29(31-13-21)32-22-10-19-4-2-3-5-20(19)11-22/h2-5,12-14,22,33-34,36H,6-11,15-18H2,1H3,(H,30,31,32). The lowest BCUT2D eigenvalue weighted by Crippen LogP contribution is -2.48. The van der Waals surface area contributed by atoms with Crippen LogP contribution >= 0.6 is 0 Å². The number of carbonyl (C=O) groups is 2. The van der Waals surface area contributed by atoms with Gasteiger partial charge in [-0.1, -0.05) is 24.3 Å². The zero-order chi connectivity index (χ0) is 28.6. The average Bonchev–Trinajstić information content (AvgIpc) is 3.73. The van der Waals surface area contributed by atoms with Crippen molar-refractivity contribution in [3.63, 3.8) is 0 Å². The van der Waals surface area contributed by atoms with Crippen LogP contribution in [0.3, 0.4) is 0 Å². The van der Waals surface area contributed by atoms with Gasteiger partial charge < -0.3 is 26.0 Å². The lowest BCUT2D eigenvalue weighted by molar-refractivity contribution is -0.134. The SMILES string of the molecule is CN1CCN(Cc2nn(CC(=O)N3CCC4=C(C3)NNN4)cc2-c2cnc(NC3Cc4ccccc4C3)nc2)CC1=O. The van der Waals surface area contributed by atoms with E-state index in [2.05, 4.69) is 60.8 Å². The van der Waals surface area contributed by atoms with Crippen LogP contribution in [0.15, 0.2) is 54.3 Å². The zero-order valence-corrected chi connectivity index (χ0v) is 23.6. The molecule has 5 heterocycles. The monoisotopic (exact) mass is 569 g/mol. The van der Waals surface area contributed by atoms with Crippen molar-refractivity contribution >= 4 is 17.8 Å². The van der Waals surface area contributed by atoms with Crippen molar-refractivity contribution in [2.24, 2.45) is 0 Å². The topological polar surface area (TPSA) is 136 Å². The van der Waals surface area contributed by atoms with Gasteiger partial charge >= 0.3 is 0 Å². The molecule has 4 N–H and O–H groups in total. The lowest BCUT2D eigenvalue weighted by atomic mass is 10.1. The van der Waals surface area contributed by atoms with Crippen molar-refractivity contribution in [1.82, 2.24) is 50.8 Å². The van der Waals surface area contributed by atoms with Crippen molar-refractivity contribution < 1.29 is 9.59 Å². The van der Waals surface area contributed by atoms with Crippen molar-refractivity contribution in [3.8, 4) is 11.1 Å². The third kappa shape index (κ3) is 5.40. The number of aromatic nitrogens is 4. The Labute approximate surface area is 243 Å². The molecule has 1 aliphatic carbocycles. The quantitative estimate of drug-likeness (QED) is 0.314. The number of benzene rings is 1. The van der Waals surface area contributed by atoms with Gasteiger partial charge in [0.05, 0.1) is 30.2 Å². The van der Waals surface area contributed by atoms with E-state index in [1.807, 2.05) is 30.5 Å². The summed E-state index contributed by atoms with van der Waals surface area (Å²) in [5.41, 5.74) is 16.4. The molecule has 1 fully saturated rings. The number of hydrogen-bond donors (Lipinski definition) is 4. The van der Waals surface area contributed by atoms with E-state index >= 15 is 0 Å². The van der Waals surface area contributed by atoms with E-state index in [1.54, 1.807) is 9.58 Å². The number of rotatable bonds is 7. The lowest BCUT2D eigenvalue weighted by Gasteiger charge is -2.31. The van der Waals surface area contributed by atoms with Gasteiger partial charge in [-0.2, -0.15) is 10.6 Å². The molecule has 1 aromatic carbocycles. The third-order valence-corrected chi connectivity index (χ3v) is 8.52. The third-order valence-electron chi connectivity index (χ3n) is 8.52. The Balaban J connectivity index is 1.08. The number of nitrogens with one attached hydrogen (secondary N) is 4. The summed E-state index contributed by atoms with van der Waals surface area (Å²) in [5.74, 6) is 0.682. The first-order valence-corrected chi connectivity index (χ1v) is 14.4. The molecule has 3 aliphatic heterocycles. The molecule has 7 rings (SSSR count). The Bertz CT molecular complexity index is 1510. The Kier molecular flexibility index (Phi) is 6.96. The first-order chi connectivity index (χ1) is 20.5. The van der Waals surface area contributed by atoms with E-state index in [0.717, 1.165) is 54.0 Å². The maximum absolute atomic E-state index is 13.3. The second-order valence-corrected chi connectivity index (χ2v) is 11.4. The van der Waals surface area contributed by atoms with Crippen molar-refractivity contribution in [2.45, 2.75) is 38.4 Å². The van der Waals surface area contributed by atoms with Crippen LogP contribution in [0.2, 0.25) is 0 Å². The highest BCUT2D eigenvalue weighted by Crippen LogP contribution is 2.26. The molecule has 0 unspecified atom stereocenters. The minimum absolute atomic E-state index is 0.000942. The van der Waals surface area contributed by atoms with E-state index < -0.39 is 0 Å². The molecule has 0 bridgehead atoms. The molecule has 1 saturated heterocycles. The number of fused-ring (bicyclic) bond motifs is 1. The van der Waals surface area contributed by atoms with Gasteiger partial charge in [-0.3, -0.25) is 19.2 Å². The summed E-state index contributed by atoms with van der Waals surface area (Å²) in [5, 5.41) is 8.31. The molecule has 13 nitrogen and oxygen atoms in total. The molecule has 13 heteroatoms. The number of anilines is 1. The number of amides is 2. The molecular weight excluding hydrogens is 534 g/mol. The fourth-order valence-electron chi connectivity index (χ4n) is 6.09. The van der Waals surface area contributed by atoms with Gasteiger partial charge in [-0.05, 0) is 24.0 Å². The maximum Gasteiger partial charge on any atom is 0.244 e. The average molecular weight is 570 g/mol. The van der Waals surface area contributed by atoms with Gasteiger partial charge in [0.25, 0.3) is 0 Å². The summed E-state index contributed by atoms with van der Waals surface area (Å²) in [6.45, 7) is 3.56. The molecule has 2 amide bonds. The summed E-state index contributed by atoms with van der Waals surface area (Å²) >= 11 is 0. The van der Waals surface area contributed by atoms with Gasteiger partial charge in [-0.15, -0.1) is 0 Å². The molecule has 42 heavy (non-hydrogen) atoms. The zero-order valence-electron chi connectivity index (χ0n) is 23.6. The molecule has 2 aromatic heterocycles. The van der Waals surface area contributed by atoms with Crippen molar-refractivity contribution in [1.29, 1.82) is 0 Å². The molecule has 0 radical (unpaired) electrons. The highest BCUT2D eigenvalue weighted by atomic mass is 16.2. The largest absolute Gasteiger partial charge is 0.351 e. The Morgan fingerprint density at radius 2 is 1.79 bits per heavy atom. The number of piperazine rings is 1. The van der Waals surface area contributed by atoms with Crippen LogP contribution in [-0.2, 0) is 35.5 Å². The highest BCUT2D eigenvalue weighted by molar-refractivity contribution is 5.79. The van der Waals surface area contributed by atoms with E-state index in [9.17, 15) is 9.59 Å². The predicted octanol–water partition coefficient (Wildman–Crippen LogP) is 0.250. The Morgan fingerprint density at radius 1 is 1.02 bits per heavy atom. The highest BCUT2D eigenvalue weighted by Gasteiger charge is 2.28. The van der Waals surface area contributed by atoms with Crippen molar-refractivity contribution in [3.05, 3.63) is 71.1 Å². The van der Waals surface area contributed by atoms with Crippen LogP contribution in [-0.4, -0.2) is 92.1 Å². The van der Waals surface area contributed by atoms with Gasteiger partial charge in [0.2, 0.25) is 17.8 Å². The van der Waals surface area contributed by atoms with Crippen LogP contribution in [0.25, 0.3) is 11.1 Å². The Morgan fingerprint density at radius 3 is 2.55 bits per heavy atom. The molecule has 0 atom stereocenters. The van der Waals surface area contributed by atoms with E-state index in [-0.39, 0.29) is 24.4 Å². The van der Waals surface area contributed by atoms with Crippen LogP contribution in [0, 0.1) is 0 Å². The summed E-state index contributed by atoms with van der Waals surface area (Å²) in [6.07, 6.45) is 8.19. The summed E-state index contributed by atoms with van der Waals surface area (Å²) in [7, 11) is 1.83. The van der Waals surface area contributed by atoms with E-state index in [4.69, 9.17) is 5.10 Å². The number of hydrogen-bond acceptors (Lipinski definition) is 10. The molecule has 218 valence electrons. The van der Waals surface area contributed by atoms with Crippen LogP contribution in [0.1, 0.15) is 23.2 Å². The van der Waals surface area contributed by atoms with Gasteiger partial charge in [0.1, 0.15) is 6.54 Å². The second-order valence-electron chi connectivity index (χ2n) is 11.4. The van der Waals surface area contributed by atoms with Crippen molar-refractivity contribution in [2.75, 3.05) is 45.1 Å². The van der Waals surface area contributed by atoms with Crippen LogP contribution in [0.5, 0.6) is 0 Å². The first kappa shape index (κ1) is 26.4. The minimum atomic E-state index is -0.000942. The molecule has 4 aliphatic rings. The molecule has 0 saturated carbocycles. The van der Waals surface area contributed by atoms with E-state index in [1.165, 1.54) is 11.1 Å². The number of hydrazine groups is 2. The molecule has 3 aromatic rings. The van der Waals surface area contributed by atoms with Gasteiger partial charge in [-0.25, -0.2) is 9.97 Å². The van der Waals surface area contributed by atoms with Crippen LogP contribution < -0.4 is 21.7 Å². The molecular formula is C29H35N11O2. The number of carbonyl (C=O) groups excluding carboxylic acids is 2. The summed E-state index contributed by atoms with van der Waals surface area (Å²) in [6, 6.07) is 8.78. The number of nitrogens with zero attached hydrogens (tertiary/aromatic N) is 7. The second kappa shape index (κ2) is 11.1.